The van der Waals surface area contributed by atoms with E-state index in [4.69, 9.17) is 17.2 Å². The number of halogens is 2. The summed E-state index contributed by atoms with van der Waals surface area (Å²) in [5.41, 5.74) is 18.2. The standard InChI is InChI=1S/C45H67F2N11O9/c1-25(2)22-34-42(65)55-30(14-18-48)38(61)54-32(16-20-50)41(64)58-37(26(3)59)44(67)51-21-17-33(52-36(60)24-28-10-12-29(13-11-28)45(4,46)47)40(63)53-31(15-19-49)39(62)57-35(43(66)56-34)23-27-8-6-5-7-9-27/h5-13,25-26,30-35,37,59H,14-24,48-50H2,1-4H3,(H,51,67)(H,52,60)(H,53,63)(H,54,61)(H,55,65)(H,56,66)(H,57,62)(H,58,64)/t26-,30+,31+,32+,33+,34+,35-,37+/m1/s1. The Balaban J connectivity index is 2.09. The van der Waals surface area contributed by atoms with Crippen molar-refractivity contribution in [2.24, 2.45) is 23.1 Å². The monoisotopic (exact) mass is 944 g/mol. The third kappa shape index (κ3) is 18.2. The van der Waals surface area contributed by atoms with E-state index in [0.717, 1.165) is 6.92 Å². The first kappa shape index (κ1) is 55.2. The molecular weight excluding hydrogens is 877 g/mol. The van der Waals surface area contributed by atoms with Crippen LogP contribution in [0.25, 0.3) is 0 Å². The Morgan fingerprint density at radius 2 is 1.12 bits per heavy atom. The quantitative estimate of drug-likeness (QED) is 0.0921. The lowest BCUT2D eigenvalue weighted by Gasteiger charge is -2.28. The molecule has 0 bridgehead atoms. The molecule has 0 unspecified atom stereocenters. The van der Waals surface area contributed by atoms with Crippen LogP contribution in [0.4, 0.5) is 8.78 Å². The van der Waals surface area contributed by atoms with Crippen LogP contribution in [0.2, 0.25) is 0 Å². The molecule has 1 aliphatic rings. The fourth-order valence-electron chi connectivity index (χ4n) is 7.15. The third-order valence-corrected chi connectivity index (χ3v) is 10.8. The molecular formula is C45H67F2N11O9. The van der Waals surface area contributed by atoms with E-state index in [0.29, 0.717) is 11.1 Å². The fourth-order valence-corrected chi connectivity index (χ4v) is 7.15. The average Bonchev–Trinajstić information content (AvgIpc) is 3.26. The first-order valence-corrected chi connectivity index (χ1v) is 22.4. The summed E-state index contributed by atoms with van der Waals surface area (Å²) in [5, 5.41) is 31.2. The lowest BCUT2D eigenvalue weighted by Crippen LogP contribution is -2.61. The van der Waals surface area contributed by atoms with Gasteiger partial charge in [0.1, 0.15) is 42.3 Å². The van der Waals surface area contributed by atoms with Crippen LogP contribution in [0.3, 0.4) is 0 Å². The van der Waals surface area contributed by atoms with Crippen molar-refractivity contribution < 1.29 is 52.2 Å². The number of nitrogens with one attached hydrogen (secondary N) is 8. The normalized spacial score (nSPS) is 23.9. The molecule has 370 valence electrons. The number of nitrogens with two attached hydrogens (primary N) is 3. The van der Waals surface area contributed by atoms with Crippen molar-refractivity contribution in [2.45, 2.75) is 127 Å². The van der Waals surface area contributed by atoms with E-state index < -0.39 is 102 Å². The van der Waals surface area contributed by atoms with Gasteiger partial charge in [-0.1, -0.05) is 68.4 Å². The largest absolute Gasteiger partial charge is 0.391 e. The smallest absolute Gasteiger partial charge is 0.270 e. The van der Waals surface area contributed by atoms with Gasteiger partial charge in [-0.15, -0.1) is 0 Å². The van der Waals surface area contributed by atoms with Crippen molar-refractivity contribution >= 4 is 47.3 Å². The molecule has 20 nitrogen and oxygen atoms in total. The molecule has 8 amide bonds. The SMILES string of the molecule is CC(C)C[C@@H]1NC(=O)[C@@H](Cc2ccccc2)NC(=O)[C@H](CCN)NC(=O)[C@@H](NC(=O)Cc2ccc(C(C)(F)F)cc2)CCNC(=O)[C@H]([C@@H](C)O)NC(=O)[C@H](CCN)NC(=O)[C@H](CCN)NC1=O. The fraction of sp³-hybridized carbons (Fsp3) is 0.556. The molecule has 0 aliphatic carbocycles. The summed E-state index contributed by atoms with van der Waals surface area (Å²) in [7, 11) is 0. The molecule has 2 aromatic rings. The van der Waals surface area contributed by atoms with E-state index in [9.17, 15) is 52.2 Å². The third-order valence-electron chi connectivity index (χ3n) is 10.8. The Bertz CT molecular complexity index is 1990. The molecule has 22 heteroatoms. The maximum absolute atomic E-state index is 14.2. The summed E-state index contributed by atoms with van der Waals surface area (Å²) in [6.07, 6.45) is -2.51. The Kier molecular flexibility index (Phi) is 22.2. The summed E-state index contributed by atoms with van der Waals surface area (Å²) >= 11 is 0. The van der Waals surface area contributed by atoms with Gasteiger partial charge in [0, 0.05) is 25.5 Å². The van der Waals surface area contributed by atoms with Gasteiger partial charge in [0.05, 0.1) is 12.5 Å². The van der Waals surface area contributed by atoms with Crippen LogP contribution in [0.5, 0.6) is 0 Å². The maximum atomic E-state index is 14.2. The van der Waals surface area contributed by atoms with Crippen molar-refractivity contribution in [1.82, 2.24) is 42.5 Å². The van der Waals surface area contributed by atoms with Crippen molar-refractivity contribution in [3.63, 3.8) is 0 Å². The Labute approximate surface area is 388 Å². The van der Waals surface area contributed by atoms with Crippen LogP contribution < -0.4 is 59.7 Å². The lowest BCUT2D eigenvalue weighted by atomic mass is 10.00. The highest BCUT2D eigenvalue weighted by Gasteiger charge is 2.35. The number of alkyl halides is 2. The number of hydrogen-bond acceptors (Lipinski definition) is 12. The van der Waals surface area contributed by atoms with Gasteiger partial charge in [-0.05, 0) is 75.7 Å². The van der Waals surface area contributed by atoms with Crippen molar-refractivity contribution in [1.29, 1.82) is 0 Å². The molecule has 2 aromatic carbocycles. The summed E-state index contributed by atoms with van der Waals surface area (Å²) in [6.45, 7) is 4.90. The van der Waals surface area contributed by atoms with Crippen LogP contribution in [0, 0.1) is 5.92 Å². The minimum atomic E-state index is -3.13. The van der Waals surface area contributed by atoms with Gasteiger partial charge in [-0.2, -0.15) is 0 Å². The topological polar surface area (TPSA) is 331 Å². The number of carbonyl (C=O) groups is 8. The molecule has 1 fully saturated rings. The molecule has 1 aliphatic heterocycles. The van der Waals surface area contributed by atoms with E-state index in [1.807, 2.05) is 0 Å². The summed E-state index contributed by atoms with van der Waals surface area (Å²) in [4.78, 5) is 111. The molecule has 1 heterocycles. The predicted molar refractivity (Wildman–Crippen MR) is 243 cm³/mol. The molecule has 67 heavy (non-hydrogen) atoms. The number of hydrogen-bond donors (Lipinski definition) is 12. The van der Waals surface area contributed by atoms with Crippen molar-refractivity contribution in [2.75, 3.05) is 26.2 Å². The molecule has 15 N–H and O–H groups in total. The predicted octanol–water partition coefficient (Wildman–Crippen LogP) is -2.03. The molecule has 0 saturated carbocycles. The lowest BCUT2D eigenvalue weighted by molar-refractivity contribution is -0.136. The second kappa shape index (κ2) is 26.9. The molecule has 0 aromatic heterocycles. The number of aliphatic hydroxyl groups excluding tert-OH is 1. The zero-order valence-electron chi connectivity index (χ0n) is 38.4. The first-order chi connectivity index (χ1) is 31.7. The Morgan fingerprint density at radius 3 is 1.61 bits per heavy atom. The van der Waals surface area contributed by atoms with E-state index in [2.05, 4.69) is 42.5 Å². The van der Waals surface area contributed by atoms with Gasteiger partial charge in [0.2, 0.25) is 47.3 Å². The number of benzene rings is 2. The van der Waals surface area contributed by atoms with Crippen LogP contribution in [0.15, 0.2) is 54.6 Å². The zero-order valence-corrected chi connectivity index (χ0v) is 38.4. The van der Waals surface area contributed by atoms with Crippen molar-refractivity contribution in [3.05, 3.63) is 71.3 Å². The molecule has 3 rings (SSSR count). The second-order valence-electron chi connectivity index (χ2n) is 17.0. The Hall–Kier alpha value is -6.10. The van der Waals surface area contributed by atoms with Gasteiger partial charge < -0.3 is 64.8 Å². The minimum absolute atomic E-state index is 0.0662. The van der Waals surface area contributed by atoms with E-state index in [-0.39, 0.29) is 82.6 Å². The van der Waals surface area contributed by atoms with E-state index in [1.54, 1.807) is 44.2 Å². The number of rotatable bonds is 15. The number of carbonyl (C=O) groups excluding carboxylic acids is 8. The molecule has 8 atom stereocenters. The Morgan fingerprint density at radius 1 is 0.657 bits per heavy atom. The van der Waals surface area contributed by atoms with Gasteiger partial charge >= 0.3 is 0 Å². The maximum Gasteiger partial charge on any atom is 0.270 e. The molecule has 0 radical (unpaired) electrons. The highest BCUT2D eigenvalue weighted by atomic mass is 19.3. The number of aliphatic hydroxyl groups is 1. The van der Waals surface area contributed by atoms with Gasteiger partial charge in [0.25, 0.3) is 5.92 Å². The highest BCUT2D eigenvalue weighted by molar-refractivity contribution is 5.98. The summed E-state index contributed by atoms with van der Waals surface area (Å²) < 4.78 is 27.7. The van der Waals surface area contributed by atoms with Gasteiger partial charge in [-0.25, -0.2) is 8.78 Å². The molecule has 1 saturated heterocycles. The van der Waals surface area contributed by atoms with E-state index in [1.165, 1.54) is 31.2 Å². The van der Waals surface area contributed by atoms with Crippen LogP contribution in [-0.4, -0.2) is 127 Å². The average molecular weight is 944 g/mol. The van der Waals surface area contributed by atoms with E-state index >= 15 is 0 Å². The minimum Gasteiger partial charge on any atom is -0.391 e. The zero-order chi connectivity index (χ0) is 49.8. The van der Waals surface area contributed by atoms with Gasteiger partial charge in [-0.3, -0.25) is 38.4 Å². The highest BCUT2D eigenvalue weighted by Crippen LogP contribution is 2.27. The van der Waals surface area contributed by atoms with Crippen LogP contribution in [0.1, 0.15) is 76.5 Å². The van der Waals surface area contributed by atoms with Crippen molar-refractivity contribution in [3.8, 4) is 0 Å². The summed E-state index contributed by atoms with van der Waals surface area (Å²) in [5.74, 6) is -9.97. The van der Waals surface area contributed by atoms with Crippen LogP contribution in [-0.2, 0) is 57.1 Å². The van der Waals surface area contributed by atoms with Crippen LogP contribution >= 0.6 is 0 Å². The first-order valence-electron chi connectivity index (χ1n) is 22.4. The number of amides is 8. The second-order valence-corrected chi connectivity index (χ2v) is 17.0. The molecule has 0 spiro atoms. The van der Waals surface area contributed by atoms with Gasteiger partial charge in [0.15, 0.2) is 0 Å². The summed E-state index contributed by atoms with van der Waals surface area (Å²) in [6, 6.07) is 3.95.